The third-order valence-corrected chi connectivity index (χ3v) is 2.24. The number of unbranched alkanes of at least 4 members (excludes halogenated alkanes) is 1. The quantitative estimate of drug-likeness (QED) is 0.735. The normalized spacial score (nSPS) is 13.8. The molecule has 3 nitrogen and oxygen atoms in total. The Balaban J connectivity index is 4.30. The first-order chi connectivity index (χ1) is 7.45. The largest absolute Gasteiger partial charge is 0.405 e. The standard InChI is InChI=1S/C10H17F3N2O/c1-2-3-4-15(5-6-16)8-9(7-14)10(11,12)13/h9,16H,2-6,8H2,1H3. The molecule has 16 heavy (non-hydrogen) atoms. The van der Waals surface area contributed by atoms with Gasteiger partial charge in [0, 0.05) is 13.1 Å². The Morgan fingerprint density at radius 3 is 2.38 bits per heavy atom. The molecular weight excluding hydrogens is 221 g/mol. The van der Waals surface area contributed by atoms with Crippen LogP contribution in [-0.2, 0) is 0 Å². The summed E-state index contributed by atoms with van der Waals surface area (Å²) in [4.78, 5) is 1.48. The predicted molar refractivity (Wildman–Crippen MR) is 53.6 cm³/mol. The summed E-state index contributed by atoms with van der Waals surface area (Å²) >= 11 is 0. The second-order valence-corrected chi connectivity index (χ2v) is 3.60. The number of aliphatic hydroxyl groups is 1. The average molecular weight is 238 g/mol. The highest BCUT2D eigenvalue weighted by Crippen LogP contribution is 2.26. The Kier molecular flexibility index (Phi) is 7.10. The molecule has 0 amide bonds. The molecule has 0 spiro atoms. The van der Waals surface area contributed by atoms with E-state index in [9.17, 15) is 13.2 Å². The number of hydrogen-bond donors (Lipinski definition) is 1. The van der Waals surface area contributed by atoms with Gasteiger partial charge in [0.15, 0.2) is 5.92 Å². The van der Waals surface area contributed by atoms with Crippen LogP contribution in [0, 0.1) is 17.2 Å². The fourth-order valence-electron chi connectivity index (χ4n) is 1.29. The molecule has 0 aliphatic rings. The van der Waals surface area contributed by atoms with Gasteiger partial charge in [0.25, 0.3) is 0 Å². The van der Waals surface area contributed by atoms with Crippen LogP contribution in [0.1, 0.15) is 19.8 Å². The highest BCUT2D eigenvalue weighted by molar-refractivity contribution is 4.90. The molecule has 0 heterocycles. The van der Waals surface area contributed by atoms with Gasteiger partial charge in [0.1, 0.15) is 0 Å². The maximum atomic E-state index is 12.3. The van der Waals surface area contributed by atoms with E-state index in [0.717, 1.165) is 12.8 Å². The Morgan fingerprint density at radius 2 is 2.00 bits per heavy atom. The first-order valence-corrected chi connectivity index (χ1v) is 5.25. The monoisotopic (exact) mass is 238 g/mol. The van der Waals surface area contributed by atoms with Crippen molar-refractivity contribution in [2.24, 2.45) is 5.92 Å². The minimum atomic E-state index is -4.49. The van der Waals surface area contributed by atoms with E-state index in [1.807, 2.05) is 6.92 Å². The van der Waals surface area contributed by atoms with E-state index in [0.29, 0.717) is 6.54 Å². The molecule has 1 N–H and O–H groups in total. The molecular formula is C10H17F3N2O. The zero-order chi connectivity index (χ0) is 12.6. The molecule has 1 atom stereocenters. The van der Waals surface area contributed by atoms with Crippen molar-refractivity contribution in [2.45, 2.75) is 25.9 Å². The molecule has 0 aliphatic carbocycles. The summed E-state index contributed by atoms with van der Waals surface area (Å²) in [5.41, 5.74) is 0. The molecule has 0 aromatic carbocycles. The van der Waals surface area contributed by atoms with Crippen LogP contribution in [0.5, 0.6) is 0 Å². The lowest BCUT2D eigenvalue weighted by atomic mass is 10.1. The van der Waals surface area contributed by atoms with Gasteiger partial charge in [-0.05, 0) is 13.0 Å². The summed E-state index contributed by atoms with van der Waals surface area (Å²) in [6.07, 6.45) is -2.87. The summed E-state index contributed by atoms with van der Waals surface area (Å²) in [5.74, 6) is -1.98. The lowest BCUT2D eigenvalue weighted by Gasteiger charge is -2.24. The van der Waals surface area contributed by atoms with Crippen molar-refractivity contribution in [3.63, 3.8) is 0 Å². The number of hydrogen-bond acceptors (Lipinski definition) is 3. The van der Waals surface area contributed by atoms with Gasteiger partial charge in [-0.3, -0.25) is 4.90 Å². The number of nitriles is 1. The van der Waals surface area contributed by atoms with Crippen molar-refractivity contribution in [1.29, 1.82) is 5.26 Å². The summed E-state index contributed by atoms with van der Waals surface area (Å²) in [6.45, 7) is 2.03. The highest BCUT2D eigenvalue weighted by atomic mass is 19.4. The molecule has 0 aliphatic heterocycles. The Morgan fingerprint density at radius 1 is 1.38 bits per heavy atom. The predicted octanol–water partition coefficient (Wildman–Crippen LogP) is 1.78. The van der Waals surface area contributed by atoms with Gasteiger partial charge < -0.3 is 5.11 Å². The van der Waals surface area contributed by atoms with E-state index in [1.54, 1.807) is 0 Å². The Hall–Kier alpha value is -0.800. The van der Waals surface area contributed by atoms with Crippen LogP contribution in [0.2, 0.25) is 0 Å². The Bertz CT molecular complexity index is 225. The highest BCUT2D eigenvalue weighted by Gasteiger charge is 2.40. The van der Waals surface area contributed by atoms with E-state index in [4.69, 9.17) is 10.4 Å². The molecule has 0 radical (unpaired) electrons. The van der Waals surface area contributed by atoms with Crippen molar-refractivity contribution < 1.29 is 18.3 Å². The molecule has 6 heteroatoms. The molecule has 0 saturated carbocycles. The van der Waals surface area contributed by atoms with Crippen molar-refractivity contribution in [2.75, 3.05) is 26.2 Å². The van der Waals surface area contributed by atoms with Gasteiger partial charge >= 0.3 is 6.18 Å². The van der Waals surface area contributed by atoms with Crippen LogP contribution in [0.3, 0.4) is 0 Å². The number of alkyl halides is 3. The van der Waals surface area contributed by atoms with Crippen LogP contribution in [0.15, 0.2) is 0 Å². The smallest absolute Gasteiger partial charge is 0.395 e. The lowest BCUT2D eigenvalue weighted by molar-refractivity contribution is -0.163. The van der Waals surface area contributed by atoms with Gasteiger partial charge in [-0.1, -0.05) is 13.3 Å². The van der Waals surface area contributed by atoms with Crippen LogP contribution in [-0.4, -0.2) is 42.4 Å². The maximum absolute atomic E-state index is 12.3. The minimum Gasteiger partial charge on any atom is -0.395 e. The third kappa shape index (κ3) is 5.93. The van der Waals surface area contributed by atoms with Crippen LogP contribution in [0.25, 0.3) is 0 Å². The molecule has 0 rings (SSSR count). The summed E-state index contributed by atoms with van der Waals surface area (Å²) in [5, 5.41) is 17.2. The van der Waals surface area contributed by atoms with E-state index in [-0.39, 0.29) is 19.7 Å². The molecule has 0 bridgehead atoms. The SMILES string of the molecule is CCCCN(CCO)CC(C#N)C(F)(F)F. The van der Waals surface area contributed by atoms with E-state index in [2.05, 4.69) is 0 Å². The second-order valence-electron chi connectivity index (χ2n) is 3.60. The van der Waals surface area contributed by atoms with Crippen molar-refractivity contribution in [3.8, 4) is 6.07 Å². The second kappa shape index (κ2) is 7.47. The Labute approximate surface area is 93.5 Å². The number of aliphatic hydroxyl groups excluding tert-OH is 1. The van der Waals surface area contributed by atoms with Gasteiger partial charge in [-0.15, -0.1) is 0 Å². The number of nitrogens with zero attached hydrogens (tertiary/aromatic N) is 2. The number of halogens is 3. The van der Waals surface area contributed by atoms with Crippen molar-refractivity contribution in [3.05, 3.63) is 0 Å². The molecule has 0 fully saturated rings. The lowest BCUT2D eigenvalue weighted by Crippen LogP contribution is -2.38. The first-order valence-electron chi connectivity index (χ1n) is 5.25. The third-order valence-electron chi connectivity index (χ3n) is 2.24. The zero-order valence-electron chi connectivity index (χ0n) is 9.30. The average Bonchev–Trinajstić information content (AvgIpc) is 2.20. The van der Waals surface area contributed by atoms with E-state index >= 15 is 0 Å². The summed E-state index contributed by atoms with van der Waals surface area (Å²) in [7, 11) is 0. The molecule has 1 unspecified atom stereocenters. The fraction of sp³-hybridized carbons (Fsp3) is 0.900. The van der Waals surface area contributed by atoms with Crippen LogP contribution in [0.4, 0.5) is 13.2 Å². The molecule has 0 aromatic rings. The minimum absolute atomic E-state index is 0.175. The van der Waals surface area contributed by atoms with E-state index in [1.165, 1.54) is 11.0 Å². The summed E-state index contributed by atoms with van der Waals surface area (Å²) in [6, 6.07) is 1.26. The summed E-state index contributed by atoms with van der Waals surface area (Å²) < 4.78 is 37.0. The van der Waals surface area contributed by atoms with Gasteiger partial charge in [-0.25, -0.2) is 0 Å². The van der Waals surface area contributed by atoms with Gasteiger partial charge in [0.05, 0.1) is 12.7 Å². The molecule has 0 saturated heterocycles. The van der Waals surface area contributed by atoms with Gasteiger partial charge in [0.2, 0.25) is 0 Å². The van der Waals surface area contributed by atoms with Crippen LogP contribution < -0.4 is 0 Å². The molecule has 0 aromatic heterocycles. The van der Waals surface area contributed by atoms with Crippen molar-refractivity contribution in [1.82, 2.24) is 4.90 Å². The molecule has 94 valence electrons. The number of rotatable bonds is 7. The zero-order valence-corrected chi connectivity index (χ0v) is 9.30. The topological polar surface area (TPSA) is 47.3 Å². The van der Waals surface area contributed by atoms with Crippen LogP contribution >= 0.6 is 0 Å². The van der Waals surface area contributed by atoms with Gasteiger partial charge in [-0.2, -0.15) is 18.4 Å². The van der Waals surface area contributed by atoms with Crippen molar-refractivity contribution >= 4 is 0 Å². The first kappa shape index (κ1) is 15.2. The fourth-order valence-corrected chi connectivity index (χ4v) is 1.29. The maximum Gasteiger partial charge on any atom is 0.405 e. The van der Waals surface area contributed by atoms with E-state index < -0.39 is 12.1 Å².